The first kappa shape index (κ1) is 16.3. The third kappa shape index (κ3) is 3.20. The molecule has 1 unspecified atom stereocenters. The molecule has 1 aliphatic heterocycles. The Hall–Kier alpha value is -2.56. The van der Waals surface area contributed by atoms with Crippen molar-refractivity contribution in [3.63, 3.8) is 0 Å². The summed E-state index contributed by atoms with van der Waals surface area (Å²) in [6.45, 7) is 0.634. The maximum Gasteiger partial charge on any atom is 0.164 e. The predicted octanol–water partition coefficient (Wildman–Crippen LogP) is 3.21. The van der Waals surface area contributed by atoms with Crippen molar-refractivity contribution >= 4 is 0 Å². The normalized spacial score (nSPS) is 16.0. The number of ether oxygens (including phenoxy) is 4. The molecule has 2 aromatic rings. The molecule has 0 aliphatic carbocycles. The smallest absolute Gasteiger partial charge is 0.164 e. The van der Waals surface area contributed by atoms with Crippen LogP contribution in [0.3, 0.4) is 0 Å². The van der Waals surface area contributed by atoms with Crippen molar-refractivity contribution in [3.05, 3.63) is 41.5 Å². The first-order valence-electron chi connectivity index (χ1n) is 7.88. The van der Waals surface area contributed by atoms with Crippen LogP contribution in [0.4, 0.5) is 0 Å². The van der Waals surface area contributed by atoms with Gasteiger partial charge in [0.2, 0.25) is 0 Å². The fourth-order valence-corrected chi connectivity index (χ4v) is 3.10. The van der Waals surface area contributed by atoms with E-state index in [1.807, 2.05) is 18.2 Å². The van der Waals surface area contributed by atoms with Gasteiger partial charge >= 0.3 is 0 Å². The number of benzene rings is 2. The summed E-state index contributed by atoms with van der Waals surface area (Å²) in [5.74, 6) is 3.22. The molecular formula is C19H22O5. The zero-order valence-electron chi connectivity index (χ0n) is 14.2. The van der Waals surface area contributed by atoms with E-state index in [2.05, 4.69) is 0 Å². The Bertz CT molecular complexity index is 726. The lowest BCUT2D eigenvalue weighted by molar-refractivity contribution is 0.219. The second-order valence-electron chi connectivity index (χ2n) is 5.91. The second-order valence-corrected chi connectivity index (χ2v) is 5.91. The molecule has 0 fully saturated rings. The topological polar surface area (TPSA) is 57.2 Å². The van der Waals surface area contributed by atoms with E-state index in [4.69, 9.17) is 18.9 Å². The highest BCUT2D eigenvalue weighted by molar-refractivity contribution is 5.51. The molecule has 5 heteroatoms. The van der Waals surface area contributed by atoms with E-state index < -0.39 is 0 Å². The first-order valence-corrected chi connectivity index (χ1v) is 7.88. The van der Waals surface area contributed by atoms with Crippen LogP contribution in [0, 0.1) is 5.92 Å². The second kappa shape index (κ2) is 6.91. The van der Waals surface area contributed by atoms with Crippen molar-refractivity contribution in [3.8, 4) is 28.7 Å². The molecule has 0 radical (unpaired) electrons. The van der Waals surface area contributed by atoms with Crippen molar-refractivity contribution in [1.82, 2.24) is 0 Å². The van der Waals surface area contributed by atoms with Gasteiger partial charge in [0, 0.05) is 12.0 Å². The summed E-state index contributed by atoms with van der Waals surface area (Å²) in [4.78, 5) is 0. The predicted molar refractivity (Wildman–Crippen MR) is 90.6 cm³/mol. The summed E-state index contributed by atoms with van der Waals surface area (Å²) in [6.07, 6.45) is 1.72. The average molecular weight is 330 g/mol. The minimum absolute atomic E-state index is 0.165. The Balaban J connectivity index is 1.76. The number of phenols is 1. The van der Waals surface area contributed by atoms with E-state index in [0.29, 0.717) is 29.8 Å². The third-order valence-corrected chi connectivity index (χ3v) is 4.32. The Morgan fingerprint density at radius 1 is 1.00 bits per heavy atom. The van der Waals surface area contributed by atoms with Crippen LogP contribution in [-0.2, 0) is 12.8 Å². The van der Waals surface area contributed by atoms with Crippen molar-refractivity contribution < 1.29 is 24.1 Å². The minimum atomic E-state index is 0.165. The summed E-state index contributed by atoms with van der Waals surface area (Å²) in [6, 6.07) is 9.37. The Morgan fingerprint density at radius 3 is 2.38 bits per heavy atom. The van der Waals surface area contributed by atoms with E-state index >= 15 is 0 Å². The van der Waals surface area contributed by atoms with Crippen LogP contribution in [-0.4, -0.2) is 33.0 Å². The van der Waals surface area contributed by atoms with Crippen LogP contribution in [0.2, 0.25) is 0 Å². The fraction of sp³-hybridized carbons (Fsp3) is 0.368. The lowest BCUT2D eigenvalue weighted by atomic mass is 9.90. The largest absolute Gasteiger partial charge is 0.504 e. The zero-order valence-corrected chi connectivity index (χ0v) is 14.2. The molecule has 0 amide bonds. The lowest BCUT2D eigenvalue weighted by Gasteiger charge is -2.26. The zero-order chi connectivity index (χ0) is 17.1. The monoisotopic (exact) mass is 330 g/mol. The van der Waals surface area contributed by atoms with E-state index in [1.54, 1.807) is 33.5 Å². The molecule has 0 saturated heterocycles. The molecule has 1 N–H and O–H groups in total. The lowest BCUT2D eigenvalue weighted by Crippen LogP contribution is -2.23. The molecule has 24 heavy (non-hydrogen) atoms. The van der Waals surface area contributed by atoms with Gasteiger partial charge in [0.15, 0.2) is 23.0 Å². The van der Waals surface area contributed by atoms with E-state index in [-0.39, 0.29) is 5.75 Å². The molecular weight excluding hydrogens is 308 g/mol. The van der Waals surface area contributed by atoms with Gasteiger partial charge in [0.25, 0.3) is 0 Å². The van der Waals surface area contributed by atoms with Gasteiger partial charge in [-0.25, -0.2) is 0 Å². The third-order valence-electron chi connectivity index (χ3n) is 4.32. The highest BCUT2D eigenvalue weighted by Crippen LogP contribution is 2.38. The molecule has 1 atom stereocenters. The fourth-order valence-electron chi connectivity index (χ4n) is 3.10. The number of phenolic OH excluding ortho intramolecular Hbond substituents is 1. The van der Waals surface area contributed by atoms with Gasteiger partial charge in [0.05, 0.1) is 27.9 Å². The quantitative estimate of drug-likeness (QED) is 0.912. The average Bonchev–Trinajstić information content (AvgIpc) is 2.60. The molecule has 128 valence electrons. The van der Waals surface area contributed by atoms with Crippen LogP contribution >= 0.6 is 0 Å². The standard InChI is InChI=1S/C19H22O5/c1-21-16-5-4-12(8-15(16)20)6-13-7-14-9-18(22-2)19(23-3)10-17(14)24-11-13/h4-5,8-10,13,20H,6-7,11H2,1-3H3. The van der Waals surface area contributed by atoms with E-state index in [1.165, 1.54) is 0 Å². The van der Waals surface area contributed by atoms with E-state index in [9.17, 15) is 5.11 Å². The number of rotatable bonds is 5. The van der Waals surface area contributed by atoms with Gasteiger partial charge < -0.3 is 24.1 Å². The molecule has 2 aromatic carbocycles. The molecule has 0 saturated carbocycles. The Labute approximate surface area is 141 Å². The number of aromatic hydroxyl groups is 1. The van der Waals surface area contributed by atoms with Gasteiger partial charge in [-0.1, -0.05) is 6.07 Å². The van der Waals surface area contributed by atoms with Crippen LogP contribution in [0.15, 0.2) is 30.3 Å². The number of hydrogen-bond acceptors (Lipinski definition) is 5. The summed E-state index contributed by atoms with van der Waals surface area (Å²) in [5, 5.41) is 9.92. The van der Waals surface area contributed by atoms with Crippen molar-refractivity contribution in [2.45, 2.75) is 12.8 Å². The maximum absolute atomic E-state index is 9.92. The van der Waals surface area contributed by atoms with Crippen LogP contribution < -0.4 is 18.9 Å². The van der Waals surface area contributed by atoms with Crippen molar-refractivity contribution in [2.24, 2.45) is 5.92 Å². The summed E-state index contributed by atoms with van der Waals surface area (Å²) >= 11 is 0. The maximum atomic E-state index is 9.92. The van der Waals surface area contributed by atoms with Crippen molar-refractivity contribution in [2.75, 3.05) is 27.9 Å². The SMILES string of the molecule is COc1ccc(CC2COc3cc(OC)c(OC)cc3C2)cc1O. The Morgan fingerprint density at radius 2 is 1.71 bits per heavy atom. The van der Waals surface area contributed by atoms with Gasteiger partial charge in [-0.15, -0.1) is 0 Å². The number of hydrogen-bond donors (Lipinski definition) is 1. The van der Waals surface area contributed by atoms with Crippen LogP contribution in [0.25, 0.3) is 0 Å². The van der Waals surface area contributed by atoms with E-state index in [0.717, 1.165) is 29.7 Å². The minimum Gasteiger partial charge on any atom is -0.504 e. The Kier molecular flexibility index (Phi) is 4.69. The summed E-state index contributed by atoms with van der Waals surface area (Å²) in [5.41, 5.74) is 2.17. The van der Waals surface area contributed by atoms with Gasteiger partial charge in [-0.3, -0.25) is 0 Å². The van der Waals surface area contributed by atoms with Gasteiger partial charge in [0.1, 0.15) is 5.75 Å². The van der Waals surface area contributed by atoms with Crippen LogP contribution in [0.5, 0.6) is 28.7 Å². The summed E-state index contributed by atoms with van der Waals surface area (Å²) < 4.78 is 21.7. The summed E-state index contributed by atoms with van der Waals surface area (Å²) in [7, 11) is 4.79. The molecule has 0 aromatic heterocycles. The molecule has 0 bridgehead atoms. The highest BCUT2D eigenvalue weighted by atomic mass is 16.5. The molecule has 1 heterocycles. The highest BCUT2D eigenvalue weighted by Gasteiger charge is 2.23. The van der Waals surface area contributed by atoms with Gasteiger partial charge in [-0.2, -0.15) is 0 Å². The number of fused-ring (bicyclic) bond motifs is 1. The van der Waals surface area contributed by atoms with Gasteiger partial charge in [-0.05, 0) is 42.2 Å². The van der Waals surface area contributed by atoms with Crippen LogP contribution in [0.1, 0.15) is 11.1 Å². The first-order chi connectivity index (χ1) is 11.6. The molecule has 0 spiro atoms. The van der Waals surface area contributed by atoms with Crippen molar-refractivity contribution in [1.29, 1.82) is 0 Å². The molecule has 3 rings (SSSR count). The molecule has 1 aliphatic rings. The molecule has 5 nitrogen and oxygen atoms in total. The number of methoxy groups -OCH3 is 3.